The molecule has 1 aromatic carbocycles. The number of fused-ring (bicyclic) bond motifs is 1. The first-order valence-electron chi connectivity index (χ1n) is 6.46. The summed E-state index contributed by atoms with van der Waals surface area (Å²) < 4.78 is 6.08. The summed E-state index contributed by atoms with van der Waals surface area (Å²) >= 11 is 3.46. The number of halogens is 1. The van der Waals surface area contributed by atoms with Gasteiger partial charge in [-0.1, -0.05) is 22.0 Å². The zero-order valence-corrected chi connectivity index (χ0v) is 12.6. The van der Waals surface area contributed by atoms with E-state index < -0.39 is 0 Å². The first kappa shape index (κ1) is 15.0. The predicted molar refractivity (Wildman–Crippen MR) is 80.9 cm³/mol. The smallest absolute Gasteiger partial charge is 0.267 e. The van der Waals surface area contributed by atoms with Gasteiger partial charge in [-0.2, -0.15) is 0 Å². The molecule has 0 aliphatic rings. The van der Waals surface area contributed by atoms with E-state index in [-0.39, 0.29) is 12.5 Å². The van der Waals surface area contributed by atoms with Gasteiger partial charge < -0.3 is 20.1 Å². The molecule has 0 aliphatic heterocycles. The van der Waals surface area contributed by atoms with Gasteiger partial charge in [-0.05, 0) is 24.6 Å². The molecule has 108 valence electrons. The van der Waals surface area contributed by atoms with Crippen LogP contribution in [0.2, 0.25) is 0 Å². The molecule has 0 saturated carbocycles. The third kappa shape index (κ3) is 3.82. The lowest BCUT2D eigenvalue weighted by Gasteiger charge is -2.04. The minimum atomic E-state index is -0.129. The highest BCUT2D eigenvalue weighted by molar-refractivity contribution is 9.10. The topological polar surface area (TPSA) is 74.3 Å². The zero-order chi connectivity index (χ0) is 14.4. The number of hydrogen-bond acceptors (Lipinski definition) is 3. The first-order valence-corrected chi connectivity index (χ1v) is 7.25. The van der Waals surface area contributed by atoms with Crippen LogP contribution in [0.25, 0.3) is 10.9 Å². The van der Waals surface area contributed by atoms with Gasteiger partial charge in [0.25, 0.3) is 5.91 Å². The molecular weight excluding hydrogens is 324 g/mol. The van der Waals surface area contributed by atoms with E-state index in [1.54, 1.807) is 0 Å². The molecule has 0 fully saturated rings. The van der Waals surface area contributed by atoms with E-state index in [1.807, 2.05) is 24.3 Å². The van der Waals surface area contributed by atoms with Crippen LogP contribution in [0.15, 0.2) is 28.7 Å². The fraction of sp³-hybridized carbons (Fsp3) is 0.357. The minimum absolute atomic E-state index is 0.0241. The lowest BCUT2D eigenvalue weighted by molar-refractivity contribution is 0.0866. The van der Waals surface area contributed by atoms with Crippen LogP contribution in [0.3, 0.4) is 0 Å². The third-order valence-electron chi connectivity index (χ3n) is 2.84. The summed E-state index contributed by atoms with van der Waals surface area (Å²) in [5.41, 5.74) is 1.47. The lowest BCUT2D eigenvalue weighted by atomic mass is 10.2. The van der Waals surface area contributed by atoms with Crippen molar-refractivity contribution in [1.82, 2.24) is 10.3 Å². The van der Waals surface area contributed by atoms with E-state index >= 15 is 0 Å². The van der Waals surface area contributed by atoms with Gasteiger partial charge in [0, 0.05) is 28.5 Å². The van der Waals surface area contributed by atoms with Crippen molar-refractivity contribution >= 4 is 32.7 Å². The number of carbonyl (C=O) groups excluding carboxylic acids is 1. The number of nitrogens with one attached hydrogen (secondary N) is 2. The van der Waals surface area contributed by atoms with E-state index in [2.05, 4.69) is 26.2 Å². The van der Waals surface area contributed by atoms with Crippen molar-refractivity contribution in [3.05, 3.63) is 34.4 Å². The number of aromatic amines is 1. The second kappa shape index (κ2) is 7.42. The molecule has 0 radical (unpaired) electrons. The maximum absolute atomic E-state index is 12.0. The number of aliphatic hydroxyl groups is 1. The summed E-state index contributed by atoms with van der Waals surface area (Å²) in [6, 6.07) is 7.62. The van der Waals surface area contributed by atoms with Crippen molar-refractivity contribution in [2.24, 2.45) is 0 Å². The second-order valence-electron chi connectivity index (χ2n) is 4.33. The van der Waals surface area contributed by atoms with E-state index in [0.717, 1.165) is 21.8 Å². The molecular formula is C14H17BrN2O3. The number of ether oxygens (including phenoxy) is 1. The maximum Gasteiger partial charge on any atom is 0.267 e. The van der Waals surface area contributed by atoms with Gasteiger partial charge in [0.15, 0.2) is 0 Å². The molecule has 5 nitrogen and oxygen atoms in total. The van der Waals surface area contributed by atoms with Crippen molar-refractivity contribution in [3.8, 4) is 0 Å². The number of benzene rings is 1. The molecule has 3 N–H and O–H groups in total. The van der Waals surface area contributed by atoms with Crippen LogP contribution in [-0.4, -0.2) is 42.4 Å². The van der Waals surface area contributed by atoms with Crippen LogP contribution in [0.4, 0.5) is 0 Å². The summed E-state index contributed by atoms with van der Waals surface area (Å²) in [4.78, 5) is 15.1. The van der Waals surface area contributed by atoms with Crippen molar-refractivity contribution < 1.29 is 14.6 Å². The monoisotopic (exact) mass is 340 g/mol. The lowest BCUT2D eigenvalue weighted by Crippen LogP contribution is -2.25. The summed E-state index contributed by atoms with van der Waals surface area (Å²) in [7, 11) is 0. The van der Waals surface area contributed by atoms with Crippen LogP contribution in [0.5, 0.6) is 0 Å². The van der Waals surface area contributed by atoms with E-state index in [9.17, 15) is 4.79 Å². The normalized spacial score (nSPS) is 10.9. The molecule has 1 aromatic heterocycles. The van der Waals surface area contributed by atoms with Crippen molar-refractivity contribution in [2.75, 3.05) is 26.4 Å². The molecule has 0 unspecified atom stereocenters. The molecule has 20 heavy (non-hydrogen) atoms. The Labute approximate surface area is 125 Å². The number of carbonyl (C=O) groups is 1. The highest BCUT2D eigenvalue weighted by Crippen LogP contribution is 2.24. The predicted octanol–water partition coefficient (Wildman–Crippen LogP) is 2.06. The largest absolute Gasteiger partial charge is 0.394 e. The second-order valence-corrected chi connectivity index (χ2v) is 5.18. The average molecular weight is 341 g/mol. The Kier molecular flexibility index (Phi) is 5.58. The van der Waals surface area contributed by atoms with Crippen molar-refractivity contribution in [1.29, 1.82) is 0 Å². The summed E-state index contributed by atoms with van der Waals surface area (Å²) in [5.74, 6) is -0.129. The number of H-pyrrole nitrogens is 1. The van der Waals surface area contributed by atoms with Gasteiger partial charge in [-0.15, -0.1) is 0 Å². The quantitative estimate of drug-likeness (QED) is 0.675. The highest BCUT2D eigenvalue weighted by atomic mass is 79.9. The molecule has 2 rings (SSSR count). The number of amides is 1. The van der Waals surface area contributed by atoms with E-state index in [1.165, 1.54) is 0 Å². The Morgan fingerprint density at radius 2 is 2.25 bits per heavy atom. The molecule has 0 aliphatic carbocycles. The fourth-order valence-electron chi connectivity index (χ4n) is 1.88. The molecule has 2 aromatic rings. The van der Waals surface area contributed by atoms with Gasteiger partial charge >= 0.3 is 0 Å². The van der Waals surface area contributed by atoms with E-state index in [4.69, 9.17) is 9.84 Å². The van der Waals surface area contributed by atoms with Crippen LogP contribution < -0.4 is 5.32 Å². The Morgan fingerprint density at radius 3 is 3.00 bits per heavy atom. The minimum Gasteiger partial charge on any atom is -0.394 e. The highest BCUT2D eigenvalue weighted by Gasteiger charge is 2.10. The summed E-state index contributed by atoms with van der Waals surface area (Å²) in [6.45, 7) is 1.43. The molecule has 1 heterocycles. The number of rotatable bonds is 7. The van der Waals surface area contributed by atoms with Gasteiger partial charge in [-0.3, -0.25) is 4.79 Å². The maximum atomic E-state index is 12.0. The number of aromatic nitrogens is 1. The van der Waals surface area contributed by atoms with Crippen LogP contribution in [0.1, 0.15) is 16.9 Å². The molecule has 0 bridgehead atoms. The molecule has 6 heteroatoms. The Hall–Kier alpha value is -1.37. The average Bonchev–Trinajstić information content (AvgIpc) is 2.88. The molecule has 1 amide bonds. The fourth-order valence-corrected chi connectivity index (χ4v) is 2.36. The van der Waals surface area contributed by atoms with Gasteiger partial charge in [0.05, 0.1) is 13.2 Å². The molecule has 0 atom stereocenters. The van der Waals surface area contributed by atoms with E-state index in [0.29, 0.717) is 25.5 Å². The summed E-state index contributed by atoms with van der Waals surface area (Å²) in [5, 5.41) is 12.4. The molecule has 0 saturated heterocycles. The van der Waals surface area contributed by atoms with Gasteiger partial charge in [0.2, 0.25) is 0 Å². The standard InChI is InChI=1S/C14H17BrN2O3/c15-11-3-1-4-12-10(11)9-13(17-12)14(19)16-5-2-7-20-8-6-18/h1,3-4,9,17-18H,2,5-8H2,(H,16,19). The first-order chi connectivity index (χ1) is 9.72. The molecule has 0 spiro atoms. The third-order valence-corrected chi connectivity index (χ3v) is 3.53. The zero-order valence-electron chi connectivity index (χ0n) is 11.0. The van der Waals surface area contributed by atoms with Gasteiger partial charge in [0.1, 0.15) is 5.69 Å². The number of aliphatic hydroxyl groups excluding tert-OH is 1. The van der Waals surface area contributed by atoms with Crippen molar-refractivity contribution in [2.45, 2.75) is 6.42 Å². The Bertz CT molecular complexity index is 583. The van der Waals surface area contributed by atoms with Crippen LogP contribution in [0, 0.1) is 0 Å². The van der Waals surface area contributed by atoms with Gasteiger partial charge in [-0.25, -0.2) is 0 Å². The summed E-state index contributed by atoms with van der Waals surface area (Å²) in [6.07, 6.45) is 0.718. The van der Waals surface area contributed by atoms with Crippen LogP contribution in [-0.2, 0) is 4.74 Å². The Balaban J connectivity index is 1.86. The SMILES string of the molecule is O=C(NCCCOCCO)c1cc2c(Br)cccc2[nH]1. The number of hydrogen-bond donors (Lipinski definition) is 3. The van der Waals surface area contributed by atoms with Crippen molar-refractivity contribution in [3.63, 3.8) is 0 Å². The Morgan fingerprint density at radius 1 is 1.40 bits per heavy atom. The van der Waals surface area contributed by atoms with Crippen LogP contribution >= 0.6 is 15.9 Å².